The Morgan fingerprint density at radius 3 is 2.94 bits per heavy atom. The lowest BCUT2D eigenvalue weighted by Crippen LogP contribution is -2.39. The molecular weight excluding hydrogens is 454 g/mol. The summed E-state index contributed by atoms with van der Waals surface area (Å²) in [4.78, 5) is 37.3. The predicted octanol–water partition coefficient (Wildman–Crippen LogP) is 2.25. The number of hydrogen-bond acceptors (Lipinski definition) is 9. The molecule has 32 heavy (non-hydrogen) atoms. The van der Waals surface area contributed by atoms with Crippen molar-refractivity contribution in [1.82, 2.24) is 20.3 Å². The summed E-state index contributed by atoms with van der Waals surface area (Å²) >= 11 is 7.24. The standard InChI is InChI=1S/C20H16ClN7O3S/c21-20-24-6-10(17(22)30)18(28-20)27-13-4-1-9-11(26-13)2-3-12-14(9)15-16(32-12)19(31)25-8(7-29)5-23-15/h1-4,6,8,23,29H,5,7H2,(H2,22,30)(H,25,31)(H,24,26,27,28)/t8-/m0/s1. The van der Waals surface area contributed by atoms with Gasteiger partial charge in [0.05, 0.1) is 23.9 Å². The van der Waals surface area contributed by atoms with Gasteiger partial charge in [0.25, 0.3) is 11.8 Å². The van der Waals surface area contributed by atoms with Crippen LogP contribution in [0.15, 0.2) is 30.5 Å². The summed E-state index contributed by atoms with van der Waals surface area (Å²) in [6, 6.07) is 7.01. The van der Waals surface area contributed by atoms with Gasteiger partial charge in [-0.25, -0.2) is 9.97 Å². The highest BCUT2D eigenvalue weighted by molar-refractivity contribution is 7.21. The van der Waals surface area contributed by atoms with Gasteiger partial charge in [-0.05, 0) is 35.9 Å². The number of rotatable bonds is 4. The maximum Gasteiger partial charge on any atom is 0.263 e. The van der Waals surface area contributed by atoms with Crippen molar-refractivity contribution >= 4 is 73.1 Å². The van der Waals surface area contributed by atoms with Crippen LogP contribution in [0.3, 0.4) is 0 Å². The molecule has 0 saturated carbocycles. The number of fused-ring (bicyclic) bond motifs is 5. The Morgan fingerprint density at radius 1 is 1.31 bits per heavy atom. The second kappa shape index (κ2) is 7.86. The zero-order valence-electron chi connectivity index (χ0n) is 16.3. The van der Waals surface area contributed by atoms with Crippen LogP contribution in [0.5, 0.6) is 0 Å². The molecule has 2 amide bonds. The summed E-state index contributed by atoms with van der Waals surface area (Å²) in [5.41, 5.74) is 6.88. The highest BCUT2D eigenvalue weighted by Gasteiger charge is 2.26. The first-order chi connectivity index (χ1) is 15.4. The van der Waals surface area contributed by atoms with E-state index in [2.05, 4.69) is 30.9 Å². The van der Waals surface area contributed by atoms with E-state index in [0.29, 0.717) is 22.8 Å². The van der Waals surface area contributed by atoms with E-state index in [1.54, 1.807) is 6.07 Å². The van der Waals surface area contributed by atoms with Crippen molar-refractivity contribution in [2.75, 3.05) is 23.8 Å². The van der Waals surface area contributed by atoms with Gasteiger partial charge in [0.2, 0.25) is 5.28 Å². The number of nitrogens with zero attached hydrogens (tertiary/aromatic N) is 3. The van der Waals surface area contributed by atoms with Gasteiger partial charge in [0.1, 0.15) is 22.1 Å². The predicted molar refractivity (Wildman–Crippen MR) is 123 cm³/mol. The number of benzene rings is 1. The number of halogens is 1. The van der Waals surface area contributed by atoms with Crippen LogP contribution in [0.25, 0.3) is 21.0 Å². The number of carbonyl (C=O) groups is 2. The molecule has 162 valence electrons. The number of thiophene rings is 1. The Balaban J connectivity index is 1.59. The fraction of sp³-hybridized carbons (Fsp3) is 0.150. The number of nitrogens with two attached hydrogens (primary N) is 1. The lowest BCUT2D eigenvalue weighted by atomic mass is 10.1. The summed E-state index contributed by atoms with van der Waals surface area (Å²) in [7, 11) is 0. The van der Waals surface area contributed by atoms with Gasteiger partial charge < -0.3 is 26.8 Å². The number of carbonyl (C=O) groups excluding carboxylic acids is 2. The van der Waals surface area contributed by atoms with E-state index in [1.807, 2.05) is 18.2 Å². The van der Waals surface area contributed by atoms with Crippen LogP contribution in [0.1, 0.15) is 20.0 Å². The van der Waals surface area contributed by atoms with Gasteiger partial charge >= 0.3 is 0 Å². The molecule has 1 aliphatic rings. The highest BCUT2D eigenvalue weighted by Crippen LogP contribution is 2.41. The molecule has 0 aliphatic carbocycles. The van der Waals surface area contributed by atoms with Crippen LogP contribution in [-0.4, -0.2) is 51.1 Å². The van der Waals surface area contributed by atoms with E-state index in [9.17, 15) is 14.7 Å². The summed E-state index contributed by atoms with van der Waals surface area (Å²) in [5.74, 6) is -0.327. The number of aromatic nitrogens is 3. The van der Waals surface area contributed by atoms with E-state index in [4.69, 9.17) is 17.3 Å². The van der Waals surface area contributed by atoms with Crippen molar-refractivity contribution in [3.63, 3.8) is 0 Å². The van der Waals surface area contributed by atoms with Crippen LogP contribution in [0.2, 0.25) is 5.28 Å². The Bertz CT molecular complexity index is 1410. The molecule has 1 aromatic carbocycles. The van der Waals surface area contributed by atoms with Crippen LogP contribution in [0, 0.1) is 0 Å². The second-order valence-electron chi connectivity index (χ2n) is 7.13. The number of pyridine rings is 1. The zero-order chi connectivity index (χ0) is 22.4. The number of aliphatic hydroxyl groups is 1. The minimum absolute atomic E-state index is 0.0356. The lowest BCUT2D eigenvalue weighted by molar-refractivity contribution is 0.0928. The number of primary amides is 1. The molecule has 1 aliphatic heterocycles. The fourth-order valence-corrected chi connectivity index (χ4v) is 4.83. The average molecular weight is 470 g/mol. The van der Waals surface area contributed by atoms with E-state index in [-0.39, 0.29) is 35.2 Å². The quantitative estimate of drug-likeness (QED) is 0.285. The van der Waals surface area contributed by atoms with Crippen molar-refractivity contribution < 1.29 is 14.7 Å². The highest BCUT2D eigenvalue weighted by atomic mass is 35.5. The fourth-order valence-electron chi connectivity index (χ4n) is 3.59. The van der Waals surface area contributed by atoms with Gasteiger partial charge in [0.15, 0.2) is 0 Å². The Labute approximate surface area is 189 Å². The molecule has 1 atom stereocenters. The Morgan fingerprint density at radius 2 is 2.16 bits per heavy atom. The van der Waals surface area contributed by atoms with Crippen molar-refractivity contribution in [2.24, 2.45) is 5.73 Å². The SMILES string of the molecule is NC(=O)c1cnc(Cl)nc1Nc1ccc2c(ccc3sc4c(c32)NC[C@@H](CO)NC4=O)n1. The normalized spacial score (nSPS) is 15.7. The molecule has 0 unspecified atom stereocenters. The van der Waals surface area contributed by atoms with Crippen LogP contribution < -0.4 is 21.7 Å². The minimum atomic E-state index is -0.696. The summed E-state index contributed by atoms with van der Waals surface area (Å²) in [5, 5.41) is 20.2. The Kier molecular flexibility index (Phi) is 5.00. The lowest BCUT2D eigenvalue weighted by Gasteiger charge is -2.13. The molecule has 0 bridgehead atoms. The molecule has 0 fully saturated rings. The minimum Gasteiger partial charge on any atom is -0.394 e. The van der Waals surface area contributed by atoms with Crippen molar-refractivity contribution in [1.29, 1.82) is 0 Å². The van der Waals surface area contributed by atoms with Gasteiger partial charge in [-0.3, -0.25) is 9.59 Å². The van der Waals surface area contributed by atoms with Crippen LogP contribution in [-0.2, 0) is 0 Å². The number of hydrogen-bond donors (Lipinski definition) is 5. The molecule has 10 nitrogen and oxygen atoms in total. The third kappa shape index (κ3) is 3.45. The van der Waals surface area contributed by atoms with E-state index in [0.717, 1.165) is 21.2 Å². The molecule has 6 N–H and O–H groups in total. The van der Waals surface area contributed by atoms with E-state index < -0.39 is 5.91 Å². The summed E-state index contributed by atoms with van der Waals surface area (Å²) < 4.78 is 0.939. The maximum absolute atomic E-state index is 12.6. The number of aliphatic hydroxyl groups excluding tert-OH is 1. The molecule has 0 saturated heterocycles. The molecular formula is C20H16ClN7O3S. The molecule has 0 spiro atoms. The van der Waals surface area contributed by atoms with Gasteiger partial charge in [0, 0.05) is 28.2 Å². The first-order valence-corrected chi connectivity index (χ1v) is 10.7. The topological polar surface area (TPSA) is 155 Å². The van der Waals surface area contributed by atoms with Gasteiger partial charge in [-0.15, -0.1) is 11.3 Å². The van der Waals surface area contributed by atoms with Gasteiger partial charge in [-0.1, -0.05) is 0 Å². The van der Waals surface area contributed by atoms with Crippen molar-refractivity contribution in [3.05, 3.63) is 46.2 Å². The van der Waals surface area contributed by atoms with E-state index >= 15 is 0 Å². The second-order valence-corrected chi connectivity index (χ2v) is 8.52. The molecule has 4 heterocycles. The first-order valence-electron chi connectivity index (χ1n) is 9.56. The molecule has 3 aromatic heterocycles. The maximum atomic E-state index is 12.6. The molecule has 4 aromatic rings. The molecule has 0 radical (unpaired) electrons. The number of amides is 2. The number of nitrogens with one attached hydrogen (secondary N) is 3. The largest absolute Gasteiger partial charge is 0.394 e. The van der Waals surface area contributed by atoms with E-state index in [1.165, 1.54) is 17.5 Å². The third-order valence-corrected chi connectivity index (χ3v) is 6.42. The molecule has 5 rings (SSSR count). The van der Waals surface area contributed by atoms with Crippen LogP contribution in [0.4, 0.5) is 17.3 Å². The smallest absolute Gasteiger partial charge is 0.263 e. The average Bonchev–Trinajstić information content (AvgIpc) is 3.07. The third-order valence-electron chi connectivity index (χ3n) is 5.08. The zero-order valence-corrected chi connectivity index (χ0v) is 17.9. The molecule has 12 heteroatoms. The van der Waals surface area contributed by atoms with Crippen molar-refractivity contribution in [2.45, 2.75) is 6.04 Å². The summed E-state index contributed by atoms with van der Waals surface area (Å²) in [6.45, 7) is 0.262. The first kappa shape index (κ1) is 20.4. The summed E-state index contributed by atoms with van der Waals surface area (Å²) in [6.07, 6.45) is 1.25. The number of anilines is 3. The van der Waals surface area contributed by atoms with Crippen LogP contribution >= 0.6 is 22.9 Å². The van der Waals surface area contributed by atoms with Gasteiger partial charge in [-0.2, -0.15) is 4.98 Å². The Hall–Kier alpha value is -3.54. The van der Waals surface area contributed by atoms with Crippen molar-refractivity contribution in [3.8, 4) is 0 Å². The monoisotopic (exact) mass is 469 g/mol.